The Bertz CT molecular complexity index is 1380. The van der Waals surface area contributed by atoms with Crippen molar-refractivity contribution in [1.82, 2.24) is 19.7 Å². The monoisotopic (exact) mass is 483 g/mol. The molecule has 0 saturated heterocycles. The van der Waals surface area contributed by atoms with E-state index in [-0.39, 0.29) is 11.6 Å². The number of aryl methyl sites for hydroxylation is 1. The Morgan fingerprint density at radius 1 is 1.03 bits per heavy atom. The van der Waals surface area contributed by atoms with Gasteiger partial charge in [-0.25, -0.2) is 18.4 Å². The van der Waals surface area contributed by atoms with Crippen molar-refractivity contribution in [3.63, 3.8) is 0 Å². The van der Waals surface area contributed by atoms with Gasteiger partial charge in [-0.3, -0.25) is 4.98 Å². The van der Waals surface area contributed by atoms with Crippen LogP contribution in [0.4, 0.5) is 17.6 Å². The van der Waals surface area contributed by atoms with Crippen LogP contribution in [0, 0.1) is 29.9 Å². The molecule has 0 bridgehead atoms. The van der Waals surface area contributed by atoms with Crippen LogP contribution in [-0.4, -0.2) is 24.9 Å². The van der Waals surface area contributed by atoms with Gasteiger partial charge in [-0.2, -0.15) is 19.1 Å². The fraction of sp³-hybridized carbons (Fsp3) is 0.167. The van der Waals surface area contributed by atoms with Gasteiger partial charge in [0.05, 0.1) is 24.4 Å². The van der Waals surface area contributed by atoms with Crippen molar-refractivity contribution in [2.75, 3.05) is 0 Å². The third-order valence-electron chi connectivity index (χ3n) is 5.36. The molecule has 1 N–H and O–H groups in total. The summed E-state index contributed by atoms with van der Waals surface area (Å²) in [5, 5.41) is 24.0. The van der Waals surface area contributed by atoms with Gasteiger partial charge in [0.25, 0.3) is 0 Å². The average molecular weight is 483 g/mol. The first-order chi connectivity index (χ1) is 16.6. The van der Waals surface area contributed by atoms with Crippen molar-refractivity contribution >= 4 is 0 Å². The maximum absolute atomic E-state index is 15.8. The van der Waals surface area contributed by atoms with Crippen LogP contribution in [0.25, 0.3) is 0 Å². The topological polar surface area (TPSA) is 96.9 Å². The maximum Gasteiger partial charge on any atom is 0.323 e. The predicted molar refractivity (Wildman–Crippen MR) is 114 cm³/mol. The lowest BCUT2D eigenvalue weighted by Gasteiger charge is -2.36. The number of rotatable bonds is 7. The molecule has 178 valence electrons. The second kappa shape index (κ2) is 9.15. The Balaban J connectivity index is 1.70. The number of nitriles is 1. The van der Waals surface area contributed by atoms with Crippen molar-refractivity contribution in [2.24, 2.45) is 0 Å². The zero-order valence-corrected chi connectivity index (χ0v) is 18.2. The first kappa shape index (κ1) is 23.8. The molecule has 0 radical (unpaired) electrons. The fourth-order valence-electron chi connectivity index (χ4n) is 3.44. The Hall–Kier alpha value is -4.30. The van der Waals surface area contributed by atoms with Gasteiger partial charge in [0.15, 0.2) is 5.60 Å². The van der Waals surface area contributed by atoms with Crippen LogP contribution >= 0.6 is 0 Å². The van der Waals surface area contributed by atoms with E-state index in [0.717, 1.165) is 35.4 Å². The zero-order chi connectivity index (χ0) is 25.2. The van der Waals surface area contributed by atoms with Gasteiger partial charge in [0.1, 0.15) is 41.0 Å². The predicted octanol–water partition coefficient (Wildman–Crippen LogP) is 4.60. The first-order valence-corrected chi connectivity index (χ1v) is 10.2. The number of pyridine rings is 1. The highest BCUT2D eigenvalue weighted by atomic mass is 19.3. The summed E-state index contributed by atoms with van der Waals surface area (Å²) in [6.07, 6.45) is 2.12. The van der Waals surface area contributed by atoms with Gasteiger partial charge >= 0.3 is 5.92 Å². The van der Waals surface area contributed by atoms with Gasteiger partial charge in [-0.15, -0.1) is 0 Å². The van der Waals surface area contributed by atoms with Crippen LogP contribution in [0.1, 0.15) is 22.6 Å². The van der Waals surface area contributed by atoms with E-state index in [1.165, 1.54) is 37.3 Å². The molecular weight excluding hydrogens is 466 g/mol. The summed E-state index contributed by atoms with van der Waals surface area (Å²) in [5.41, 5.74) is -4.50. The molecule has 2 aromatic carbocycles. The molecule has 7 nitrogen and oxygen atoms in total. The van der Waals surface area contributed by atoms with E-state index in [0.29, 0.717) is 17.4 Å². The summed E-state index contributed by atoms with van der Waals surface area (Å²) in [6, 6.07) is 12.1. The van der Waals surface area contributed by atoms with Crippen LogP contribution in [0.5, 0.6) is 11.5 Å². The summed E-state index contributed by atoms with van der Waals surface area (Å²) < 4.78 is 66.3. The smallest absolute Gasteiger partial charge is 0.323 e. The van der Waals surface area contributed by atoms with E-state index in [1.54, 1.807) is 0 Å². The second-order valence-electron chi connectivity index (χ2n) is 7.64. The van der Waals surface area contributed by atoms with E-state index in [2.05, 4.69) is 15.1 Å². The molecule has 0 spiro atoms. The van der Waals surface area contributed by atoms with Gasteiger partial charge in [-0.05, 0) is 55.5 Å². The molecule has 4 rings (SSSR count). The maximum atomic E-state index is 15.8. The van der Waals surface area contributed by atoms with E-state index in [1.807, 2.05) is 6.07 Å². The van der Waals surface area contributed by atoms with Gasteiger partial charge in [0, 0.05) is 11.6 Å². The molecule has 0 aliphatic carbocycles. The number of hydrogen-bond acceptors (Lipinski definition) is 6. The van der Waals surface area contributed by atoms with Crippen LogP contribution < -0.4 is 4.74 Å². The molecular formula is C24H17F4N5O2. The minimum absolute atomic E-state index is 0.109. The molecule has 0 amide bonds. The third-order valence-corrected chi connectivity index (χ3v) is 5.36. The van der Waals surface area contributed by atoms with E-state index in [4.69, 9.17) is 10.00 Å². The standard InChI is InChI=1S/C24H17F4N5O2/c1-15-31-14-32-33(15)13-23(34,20-8-4-17(25)10-21(20)26)24(27,28)22-9-7-19(12-30-22)35-18-5-2-16(11-29)3-6-18/h2-10,12,14,34H,13H2,1H3. The van der Waals surface area contributed by atoms with Crippen LogP contribution in [0.15, 0.2) is 67.1 Å². The van der Waals surface area contributed by atoms with Crippen molar-refractivity contribution in [2.45, 2.75) is 25.0 Å². The quantitative estimate of drug-likeness (QED) is 0.386. The van der Waals surface area contributed by atoms with Crippen LogP contribution in [0.3, 0.4) is 0 Å². The number of nitrogens with zero attached hydrogens (tertiary/aromatic N) is 5. The highest BCUT2D eigenvalue weighted by Gasteiger charge is 2.58. The highest BCUT2D eigenvalue weighted by Crippen LogP contribution is 2.47. The Kier molecular flexibility index (Phi) is 6.24. The summed E-state index contributed by atoms with van der Waals surface area (Å²) in [4.78, 5) is 7.58. The average Bonchev–Trinajstić information content (AvgIpc) is 3.23. The number of benzene rings is 2. The minimum Gasteiger partial charge on any atom is -0.456 e. The van der Waals surface area contributed by atoms with E-state index in [9.17, 15) is 13.9 Å². The molecule has 1 atom stereocenters. The highest BCUT2D eigenvalue weighted by molar-refractivity contribution is 5.38. The van der Waals surface area contributed by atoms with Crippen LogP contribution in [0.2, 0.25) is 0 Å². The number of hydrogen-bond donors (Lipinski definition) is 1. The summed E-state index contributed by atoms with van der Waals surface area (Å²) in [7, 11) is 0. The fourth-order valence-corrected chi connectivity index (χ4v) is 3.44. The molecule has 1 unspecified atom stereocenters. The van der Waals surface area contributed by atoms with E-state index < -0.39 is 41.0 Å². The Morgan fingerprint density at radius 3 is 2.31 bits per heavy atom. The van der Waals surface area contributed by atoms with E-state index >= 15 is 8.78 Å². The molecule has 11 heteroatoms. The number of alkyl halides is 2. The normalized spacial score (nSPS) is 13.2. The zero-order valence-electron chi connectivity index (χ0n) is 18.2. The number of ether oxygens (including phenoxy) is 1. The Labute approximate surface area is 196 Å². The Morgan fingerprint density at radius 2 is 1.74 bits per heavy atom. The SMILES string of the molecule is Cc1ncnn1CC(O)(c1ccc(F)cc1F)C(F)(F)c1ccc(Oc2ccc(C#N)cc2)cn1. The van der Waals surface area contributed by atoms with Gasteiger partial charge in [0.2, 0.25) is 0 Å². The van der Waals surface area contributed by atoms with Crippen molar-refractivity contribution in [3.05, 3.63) is 101 Å². The molecule has 0 saturated carbocycles. The second-order valence-corrected chi connectivity index (χ2v) is 7.64. The third kappa shape index (κ3) is 4.56. The number of aromatic nitrogens is 4. The number of halogens is 4. The van der Waals surface area contributed by atoms with Gasteiger partial charge < -0.3 is 9.84 Å². The summed E-state index contributed by atoms with van der Waals surface area (Å²) in [5.74, 6) is -5.85. The number of aliphatic hydroxyl groups is 1. The lowest BCUT2D eigenvalue weighted by atomic mass is 9.84. The molecule has 0 aliphatic rings. The molecule has 35 heavy (non-hydrogen) atoms. The molecule has 0 aliphatic heterocycles. The molecule has 4 aromatic rings. The summed E-state index contributed by atoms with van der Waals surface area (Å²) >= 11 is 0. The van der Waals surface area contributed by atoms with Crippen LogP contribution in [-0.2, 0) is 18.1 Å². The first-order valence-electron chi connectivity index (χ1n) is 10.2. The molecule has 0 fully saturated rings. The van der Waals surface area contributed by atoms with Crippen molar-refractivity contribution in [1.29, 1.82) is 5.26 Å². The molecule has 2 aromatic heterocycles. The van der Waals surface area contributed by atoms with Crippen molar-refractivity contribution < 1.29 is 27.4 Å². The molecule has 2 heterocycles. The lowest BCUT2D eigenvalue weighted by Crippen LogP contribution is -2.48. The lowest BCUT2D eigenvalue weighted by molar-refractivity contribution is -0.207. The van der Waals surface area contributed by atoms with Crippen molar-refractivity contribution in [3.8, 4) is 17.6 Å². The minimum atomic E-state index is -4.16. The largest absolute Gasteiger partial charge is 0.456 e. The summed E-state index contributed by atoms with van der Waals surface area (Å²) in [6.45, 7) is 0.583. The van der Waals surface area contributed by atoms with Gasteiger partial charge in [-0.1, -0.05) is 0 Å².